The van der Waals surface area contributed by atoms with Crippen molar-refractivity contribution in [2.75, 3.05) is 0 Å². The van der Waals surface area contributed by atoms with Crippen molar-refractivity contribution >= 4 is 28.4 Å². The first-order chi connectivity index (χ1) is 7.74. The molecular weight excluding hydrogens is 323 g/mol. The number of oxime groups is 1. The van der Waals surface area contributed by atoms with Gasteiger partial charge in [-0.05, 0) is 22.6 Å². The lowest BCUT2D eigenvalue weighted by Gasteiger charge is -2.06. The zero-order valence-corrected chi connectivity index (χ0v) is 10.1. The van der Waals surface area contributed by atoms with Crippen LogP contribution in [-0.2, 0) is 0 Å². The second kappa shape index (κ2) is 4.43. The number of halogens is 1. The number of hydrogen-bond acceptors (Lipinski definition) is 5. The molecule has 0 aliphatic heterocycles. The zero-order valence-electron chi connectivity index (χ0n) is 7.95. The van der Waals surface area contributed by atoms with Crippen molar-refractivity contribution in [3.63, 3.8) is 0 Å². The van der Waals surface area contributed by atoms with Crippen LogP contribution in [0, 0.1) is 3.57 Å². The Bertz CT molecular complexity index is 537. The Kier molecular flexibility index (Phi) is 2.99. The Morgan fingerprint density at radius 2 is 2.31 bits per heavy atom. The summed E-state index contributed by atoms with van der Waals surface area (Å²) < 4.78 is 2.46. The van der Waals surface area contributed by atoms with E-state index in [4.69, 9.17) is 10.9 Å². The summed E-state index contributed by atoms with van der Waals surface area (Å²) in [6, 6.07) is 0. The second-order valence-corrected chi connectivity index (χ2v) is 3.96. The molecule has 0 aliphatic carbocycles. The molecule has 0 aliphatic rings. The first-order valence-corrected chi connectivity index (χ1v) is 5.29. The van der Waals surface area contributed by atoms with E-state index in [1.54, 1.807) is 23.2 Å². The molecule has 0 bridgehead atoms. The fourth-order valence-corrected chi connectivity index (χ4v) is 1.75. The van der Waals surface area contributed by atoms with Gasteiger partial charge in [0.05, 0.1) is 3.57 Å². The Morgan fingerprint density at radius 3 is 3.00 bits per heavy atom. The maximum absolute atomic E-state index is 8.62. The van der Waals surface area contributed by atoms with E-state index in [0.29, 0.717) is 11.6 Å². The zero-order chi connectivity index (χ0) is 11.5. The molecule has 2 rings (SSSR count). The topological polar surface area (TPSA) is 102 Å². The van der Waals surface area contributed by atoms with Crippen LogP contribution in [0.3, 0.4) is 0 Å². The van der Waals surface area contributed by atoms with Gasteiger partial charge in [-0.2, -0.15) is 0 Å². The minimum atomic E-state index is -0.0700. The van der Waals surface area contributed by atoms with Gasteiger partial charge in [-0.1, -0.05) is 5.16 Å². The number of aromatic nitrogens is 4. The lowest BCUT2D eigenvalue weighted by Crippen LogP contribution is -2.19. The van der Waals surface area contributed by atoms with Crippen LogP contribution in [0.2, 0.25) is 0 Å². The summed E-state index contributed by atoms with van der Waals surface area (Å²) in [7, 11) is 0. The van der Waals surface area contributed by atoms with Gasteiger partial charge in [0.2, 0.25) is 5.84 Å². The predicted octanol–water partition coefficient (Wildman–Crippen LogP) is 0.361. The summed E-state index contributed by atoms with van der Waals surface area (Å²) in [5.74, 6) is 0.897. The molecule has 2 aromatic rings. The highest BCUT2D eigenvalue weighted by molar-refractivity contribution is 14.1. The van der Waals surface area contributed by atoms with Crippen LogP contribution in [0.4, 0.5) is 0 Å². The molecule has 0 radical (unpaired) electrons. The first-order valence-electron chi connectivity index (χ1n) is 4.21. The molecule has 0 saturated heterocycles. The lowest BCUT2D eigenvalue weighted by molar-refractivity contribution is 0.318. The van der Waals surface area contributed by atoms with E-state index in [1.165, 1.54) is 6.33 Å². The molecule has 82 valence electrons. The fraction of sp³-hybridized carbons (Fsp3) is 0. The summed E-state index contributed by atoms with van der Waals surface area (Å²) in [5.41, 5.74) is 5.50. The average molecular weight is 330 g/mol. The molecule has 0 amide bonds. The van der Waals surface area contributed by atoms with E-state index in [2.05, 4.69) is 42.7 Å². The van der Waals surface area contributed by atoms with Crippen LogP contribution < -0.4 is 5.73 Å². The normalized spacial score (nSPS) is 11.7. The second-order valence-electron chi connectivity index (χ2n) is 2.80. The standard InChI is InChI=1S/C8H7IN6O/c9-5-3-11-4-13-7(5)15-2-1-12-8(15)6(10)14-16/h1-4,16H,(H2,10,14). The number of rotatable bonds is 2. The SMILES string of the molecule is NC(=NO)c1nccn1-c1ncncc1I. The highest BCUT2D eigenvalue weighted by Crippen LogP contribution is 2.14. The van der Waals surface area contributed by atoms with Crippen molar-refractivity contribution in [2.24, 2.45) is 10.9 Å². The number of nitrogens with zero attached hydrogens (tertiary/aromatic N) is 5. The fourth-order valence-electron chi connectivity index (χ4n) is 1.19. The van der Waals surface area contributed by atoms with Gasteiger partial charge in [0, 0.05) is 18.6 Å². The number of nitrogens with two attached hydrogens (primary N) is 1. The minimum absolute atomic E-state index is 0.0700. The number of hydrogen-bond donors (Lipinski definition) is 2. The van der Waals surface area contributed by atoms with Gasteiger partial charge < -0.3 is 10.9 Å². The van der Waals surface area contributed by atoms with E-state index in [9.17, 15) is 0 Å². The van der Waals surface area contributed by atoms with Crippen molar-refractivity contribution in [3.8, 4) is 5.82 Å². The summed E-state index contributed by atoms with van der Waals surface area (Å²) >= 11 is 2.10. The smallest absolute Gasteiger partial charge is 0.206 e. The van der Waals surface area contributed by atoms with Crippen LogP contribution in [0.25, 0.3) is 5.82 Å². The van der Waals surface area contributed by atoms with Gasteiger partial charge in [-0.3, -0.25) is 4.57 Å². The van der Waals surface area contributed by atoms with Crippen LogP contribution in [0.1, 0.15) is 5.82 Å². The molecule has 0 unspecified atom stereocenters. The largest absolute Gasteiger partial charge is 0.409 e. The van der Waals surface area contributed by atoms with Gasteiger partial charge in [0.15, 0.2) is 11.6 Å². The van der Waals surface area contributed by atoms with E-state index in [-0.39, 0.29) is 5.84 Å². The van der Waals surface area contributed by atoms with Crippen LogP contribution in [0.15, 0.2) is 30.1 Å². The molecule has 0 saturated carbocycles. The third-order valence-corrected chi connectivity index (χ3v) is 2.61. The lowest BCUT2D eigenvalue weighted by atomic mass is 10.5. The summed E-state index contributed by atoms with van der Waals surface area (Å²) in [6.45, 7) is 0. The molecule has 0 atom stereocenters. The number of amidine groups is 1. The third-order valence-electron chi connectivity index (χ3n) is 1.85. The maximum Gasteiger partial charge on any atom is 0.206 e. The van der Waals surface area contributed by atoms with Crippen molar-refractivity contribution in [3.05, 3.63) is 34.3 Å². The third kappa shape index (κ3) is 1.83. The summed E-state index contributed by atoms with van der Waals surface area (Å²) in [5, 5.41) is 11.5. The Hall–Kier alpha value is -1.71. The maximum atomic E-state index is 8.62. The van der Waals surface area contributed by atoms with Gasteiger partial charge in [-0.15, -0.1) is 0 Å². The molecule has 16 heavy (non-hydrogen) atoms. The van der Waals surface area contributed by atoms with Gasteiger partial charge >= 0.3 is 0 Å². The number of imidazole rings is 1. The van der Waals surface area contributed by atoms with E-state index < -0.39 is 0 Å². The molecule has 2 aromatic heterocycles. The molecule has 0 aromatic carbocycles. The van der Waals surface area contributed by atoms with Crippen LogP contribution in [0.5, 0.6) is 0 Å². The molecule has 2 heterocycles. The Morgan fingerprint density at radius 1 is 1.50 bits per heavy atom. The highest BCUT2D eigenvalue weighted by atomic mass is 127. The minimum Gasteiger partial charge on any atom is -0.409 e. The van der Waals surface area contributed by atoms with Crippen molar-refractivity contribution in [1.82, 2.24) is 19.5 Å². The van der Waals surface area contributed by atoms with Gasteiger partial charge in [-0.25, -0.2) is 15.0 Å². The molecule has 3 N–H and O–H groups in total. The highest BCUT2D eigenvalue weighted by Gasteiger charge is 2.12. The van der Waals surface area contributed by atoms with Gasteiger partial charge in [0.25, 0.3) is 0 Å². The van der Waals surface area contributed by atoms with Crippen molar-refractivity contribution < 1.29 is 5.21 Å². The summed E-state index contributed by atoms with van der Waals surface area (Å²) in [6.07, 6.45) is 6.32. The summed E-state index contributed by atoms with van der Waals surface area (Å²) in [4.78, 5) is 12.0. The van der Waals surface area contributed by atoms with E-state index >= 15 is 0 Å². The first kappa shape index (κ1) is 10.8. The van der Waals surface area contributed by atoms with Crippen LogP contribution in [-0.4, -0.2) is 30.6 Å². The molecule has 8 heteroatoms. The Balaban J connectivity index is 2.58. The molecular formula is C8H7IN6O. The van der Waals surface area contributed by atoms with Crippen molar-refractivity contribution in [1.29, 1.82) is 0 Å². The monoisotopic (exact) mass is 330 g/mol. The molecule has 7 nitrogen and oxygen atoms in total. The van der Waals surface area contributed by atoms with Crippen LogP contribution >= 0.6 is 22.6 Å². The van der Waals surface area contributed by atoms with Crippen molar-refractivity contribution in [2.45, 2.75) is 0 Å². The predicted molar refractivity (Wildman–Crippen MR) is 64.4 cm³/mol. The van der Waals surface area contributed by atoms with E-state index in [1.807, 2.05) is 0 Å². The molecule has 0 spiro atoms. The quantitative estimate of drug-likeness (QED) is 0.272. The molecule has 0 fully saturated rings. The van der Waals surface area contributed by atoms with Gasteiger partial charge in [0.1, 0.15) is 6.33 Å². The Labute approximate surface area is 104 Å². The average Bonchev–Trinajstić information content (AvgIpc) is 2.77. The van der Waals surface area contributed by atoms with E-state index in [0.717, 1.165) is 3.57 Å².